The van der Waals surface area contributed by atoms with Crippen molar-refractivity contribution in [3.05, 3.63) is 57.1 Å². The fraction of sp³-hybridized carbons (Fsp3) is 0.350. The molecule has 2 aromatic rings. The number of likely N-dealkylation sites (tertiary alicyclic amines) is 1. The number of piperidine rings is 1. The maximum Gasteiger partial charge on any atom is 0.340 e. The van der Waals surface area contributed by atoms with E-state index in [4.69, 9.17) is 31.7 Å². The predicted octanol–water partition coefficient (Wildman–Crippen LogP) is 3.73. The number of nitro groups is 1. The van der Waals surface area contributed by atoms with Gasteiger partial charge in [-0.3, -0.25) is 15.5 Å². The second-order valence-corrected chi connectivity index (χ2v) is 9.38. The van der Waals surface area contributed by atoms with E-state index in [0.29, 0.717) is 31.0 Å². The summed E-state index contributed by atoms with van der Waals surface area (Å²) in [6.45, 7) is 3.57. The molecule has 10 nitrogen and oxygen atoms in total. The third-order valence-corrected chi connectivity index (χ3v) is 6.88. The van der Waals surface area contributed by atoms with Gasteiger partial charge in [0.2, 0.25) is 0 Å². The van der Waals surface area contributed by atoms with E-state index >= 15 is 0 Å². The minimum absolute atomic E-state index is 0. The molecule has 1 aliphatic heterocycles. The first-order valence-electron chi connectivity index (χ1n) is 9.77. The molecule has 0 aromatic heterocycles. The number of ether oxygens (including phenoxy) is 1. The molecule has 0 bridgehead atoms. The van der Waals surface area contributed by atoms with Gasteiger partial charge in [-0.05, 0) is 49.4 Å². The van der Waals surface area contributed by atoms with Crippen molar-refractivity contribution in [3.63, 3.8) is 0 Å². The maximum atomic E-state index is 12.7. The number of rotatable bonds is 7. The summed E-state index contributed by atoms with van der Waals surface area (Å²) in [5.74, 6) is 0.793. The molecule has 0 aliphatic carbocycles. The number of nitrogens with zero attached hydrogens (tertiary/aromatic N) is 2. The fourth-order valence-corrected chi connectivity index (χ4v) is 4.89. The highest BCUT2D eigenvalue weighted by molar-refractivity contribution is 7.87. The molecule has 3 N–H and O–H groups in total. The molecule has 0 spiro atoms. The highest BCUT2D eigenvalue weighted by Gasteiger charge is 2.27. The van der Waals surface area contributed by atoms with Crippen LogP contribution in [0, 0.1) is 28.4 Å². The average Bonchev–Trinajstić information content (AvgIpc) is 2.71. The number of guanidine groups is 1. The first-order chi connectivity index (χ1) is 15.1. The minimum atomic E-state index is -4.41. The van der Waals surface area contributed by atoms with Gasteiger partial charge in [-0.15, -0.1) is 12.4 Å². The Morgan fingerprint density at radius 3 is 2.52 bits per heavy atom. The SMILES string of the molecule is Cc1cc(OCC2CCN(C(=N)N)CC2)cc(OS(=O)(=O)c2cccc([N+](=O)[O-])c2Cl)c1.Cl. The number of hydrogen-bond donors (Lipinski definition) is 2. The van der Waals surface area contributed by atoms with Gasteiger partial charge < -0.3 is 19.6 Å². The molecule has 0 unspecified atom stereocenters. The van der Waals surface area contributed by atoms with Gasteiger partial charge in [0.1, 0.15) is 21.4 Å². The van der Waals surface area contributed by atoms with Crippen LogP contribution in [0.4, 0.5) is 5.69 Å². The second-order valence-electron chi connectivity index (χ2n) is 7.49. The molecule has 0 amide bonds. The van der Waals surface area contributed by atoms with Crippen molar-refractivity contribution in [3.8, 4) is 11.5 Å². The van der Waals surface area contributed by atoms with Crippen molar-refractivity contribution < 1.29 is 22.3 Å². The van der Waals surface area contributed by atoms with E-state index < -0.39 is 30.6 Å². The highest BCUT2D eigenvalue weighted by Crippen LogP contribution is 2.33. The van der Waals surface area contributed by atoms with Crippen LogP contribution < -0.4 is 14.7 Å². The number of aryl methyl sites for hydroxylation is 1. The molecule has 1 saturated heterocycles. The Balaban J connectivity index is 0.00000385. The third-order valence-electron chi connectivity index (χ3n) is 5.08. The summed E-state index contributed by atoms with van der Waals surface area (Å²) >= 11 is 5.93. The Morgan fingerprint density at radius 1 is 1.27 bits per heavy atom. The van der Waals surface area contributed by atoms with Gasteiger partial charge >= 0.3 is 10.1 Å². The maximum absolute atomic E-state index is 12.7. The van der Waals surface area contributed by atoms with E-state index in [1.54, 1.807) is 17.9 Å². The van der Waals surface area contributed by atoms with E-state index in [9.17, 15) is 18.5 Å². The summed E-state index contributed by atoms with van der Waals surface area (Å²) in [7, 11) is -4.41. The molecule has 1 aliphatic rings. The van der Waals surface area contributed by atoms with Crippen LogP contribution in [0.3, 0.4) is 0 Å². The molecule has 180 valence electrons. The smallest absolute Gasteiger partial charge is 0.340 e. The summed E-state index contributed by atoms with van der Waals surface area (Å²) in [6, 6.07) is 8.20. The van der Waals surface area contributed by atoms with Crippen LogP contribution >= 0.6 is 24.0 Å². The van der Waals surface area contributed by atoms with E-state index in [0.717, 1.165) is 25.0 Å². The standard InChI is InChI=1S/C20H23ClN4O6S.ClH/c1-13-9-15(30-12-14-5-7-24(8-6-14)20(22)23)11-16(10-13)31-32(28,29)18-4-2-3-17(19(18)21)25(26)27;/h2-4,9-11,14H,5-8,12H2,1H3,(H3,22,23);1H. The van der Waals surface area contributed by atoms with Crippen molar-refractivity contribution >= 4 is 45.8 Å². The van der Waals surface area contributed by atoms with Crippen molar-refractivity contribution in [1.82, 2.24) is 4.90 Å². The largest absolute Gasteiger partial charge is 0.493 e. The lowest BCUT2D eigenvalue weighted by Crippen LogP contribution is -2.43. The number of benzene rings is 2. The number of nitro benzene ring substituents is 1. The zero-order valence-electron chi connectivity index (χ0n) is 17.7. The second kappa shape index (κ2) is 10.9. The van der Waals surface area contributed by atoms with Crippen LogP contribution in [-0.2, 0) is 10.1 Å². The first kappa shape index (κ1) is 26.5. The van der Waals surface area contributed by atoms with Crippen LogP contribution in [0.1, 0.15) is 18.4 Å². The molecule has 1 fully saturated rings. The number of halogens is 2. The topological polar surface area (TPSA) is 149 Å². The number of nitrogens with two attached hydrogens (primary N) is 1. The highest BCUT2D eigenvalue weighted by atomic mass is 35.5. The Bertz CT molecular complexity index is 1140. The summed E-state index contributed by atoms with van der Waals surface area (Å²) < 4.78 is 36.5. The van der Waals surface area contributed by atoms with Crippen LogP contribution in [0.15, 0.2) is 41.3 Å². The van der Waals surface area contributed by atoms with Gasteiger partial charge in [0.25, 0.3) is 5.69 Å². The number of hydrogen-bond acceptors (Lipinski definition) is 7. The van der Waals surface area contributed by atoms with Crippen LogP contribution in [0.2, 0.25) is 5.02 Å². The fourth-order valence-electron chi connectivity index (χ4n) is 3.40. The molecule has 0 atom stereocenters. The lowest BCUT2D eigenvalue weighted by atomic mass is 9.98. The van der Waals surface area contributed by atoms with Crippen LogP contribution in [0.25, 0.3) is 0 Å². The first-order valence-corrected chi connectivity index (χ1v) is 11.6. The van der Waals surface area contributed by atoms with Crippen molar-refractivity contribution in [2.24, 2.45) is 11.7 Å². The zero-order chi connectivity index (χ0) is 23.5. The van der Waals surface area contributed by atoms with E-state index in [1.165, 1.54) is 18.2 Å². The summed E-state index contributed by atoms with van der Waals surface area (Å²) in [5, 5.41) is 18.0. The van der Waals surface area contributed by atoms with Crippen LogP contribution in [0.5, 0.6) is 11.5 Å². The molecule has 13 heteroatoms. The molecule has 0 radical (unpaired) electrons. The summed E-state index contributed by atoms with van der Waals surface area (Å²) in [4.78, 5) is 11.6. The normalized spacial score (nSPS) is 14.3. The van der Waals surface area contributed by atoms with Gasteiger partial charge in [0, 0.05) is 25.2 Å². The Hall–Kier alpha value is -2.76. The van der Waals surface area contributed by atoms with Gasteiger partial charge in [-0.1, -0.05) is 17.7 Å². The monoisotopic (exact) mass is 518 g/mol. The zero-order valence-corrected chi connectivity index (χ0v) is 20.1. The van der Waals surface area contributed by atoms with E-state index in [2.05, 4.69) is 0 Å². The molecule has 3 rings (SSSR count). The summed E-state index contributed by atoms with van der Waals surface area (Å²) in [6.07, 6.45) is 1.66. The third kappa shape index (κ3) is 6.62. The number of nitrogens with one attached hydrogen (secondary N) is 1. The van der Waals surface area contributed by atoms with Crippen molar-refractivity contribution in [2.45, 2.75) is 24.7 Å². The van der Waals surface area contributed by atoms with Crippen molar-refractivity contribution in [1.29, 1.82) is 5.41 Å². The van der Waals surface area contributed by atoms with Gasteiger partial charge in [-0.2, -0.15) is 8.42 Å². The molecular formula is C20H24Cl2N4O6S. The van der Waals surface area contributed by atoms with Crippen molar-refractivity contribution in [2.75, 3.05) is 19.7 Å². The molecule has 2 aromatic carbocycles. The summed E-state index contributed by atoms with van der Waals surface area (Å²) in [5.41, 5.74) is 5.69. The molecule has 0 saturated carbocycles. The molecule has 1 heterocycles. The lowest BCUT2D eigenvalue weighted by molar-refractivity contribution is -0.384. The Labute approximate surface area is 202 Å². The Morgan fingerprint density at radius 2 is 1.91 bits per heavy atom. The van der Waals surface area contributed by atoms with E-state index in [1.807, 2.05) is 0 Å². The minimum Gasteiger partial charge on any atom is -0.493 e. The van der Waals surface area contributed by atoms with Crippen LogP contribution in [-0.4, -0.2) is 43.9 Å². The quantitative estimate of drug-likeness (QED) is 0.185. The average molecular weight is 519 g/mol. The lowest BCUT2D eigenvalue weighted by Gasteiger charge is -2.32. The van der Waals surface area contributed by atoms with E-state index in [-0.39, 0.29) is 30.0 Å². The Kier molecular flexibility index (Phi) is 8.76. The predicted molar refractivity (Wildman–Crippen MR) is 126 cm³/mol. The van der Waals surface area contributed by atoms with Gasteiger partial charge in [-0.25, -0.2) is 0 Å². The van der Waals surface area contributed by atoms with Gasteiger partial charge in [0.05, 0.1) is 11.5 Å². The molecular weight excluding hydrogens is 495 g/mol. The van der Waals surface area contributed by atoms with Gasteiger partial charge in [0.15, 0.2) is 5.96 Å². The molecule has 33 heavy (non-hydrogen) atoms.